The summed E-state index contributed by atoms with van der Waals surface area (Å²) < 4.78 is 0.690. The average Bonchev–Trinajstić information content (AvgIpc) is 1.69. The van der Waals surface area contributed by atoms with Gasteiger partial charge in [0.25, 0.3) is 0 Å². The van der Waals surface area contributed by atoms with E-state index in [9.17, 15) is 0 Å². The number of hydrogen-bond donors (Lipinski definition) is 1. The summed E-state index contributed by atoms with van der Waals surface area (Å²) in [7, 11) is 0. The third-order valence-corrected chi connectivity index (χ3v) is 1.58. The summed E-state index contributed by atoms with van der Waals surface area (Å²) in [5, 5.41) is 0. The van der Waals surface area contributed by atoms with E-state index in [0.29, 0.717) is 4.32 Å². The Morgan fingerprint density at radius 1 is 1.40 bits per heavy atom. The number of nitrogens with zero attached hydrogens (tertiary/aromatic N) is 1. The van der Waals surface area contributed by atoms with E-state index in [-0.39, 0.29) is 80.9 Å². The molecule has 0 N–H and O–H groups in total. The molecule has 0 bridgehead atoms. The van der Waals surface area contributed by atoms with E-state index >= 15 is 0 Å². The van der Waals surface area contributed by atoms with E-state index in [1.54, 1.807) is 0 Å². The van der Waals surface area contributed by atoms with Gasteiger partial charge in [-0.2, -0.15) is 0 Å². The molecule has 0 aromatic heterocycles. The average molecular weight is 213 g/mol. The molecule has 0 aliphatic carbocycles. The van der Waals surface area contributed by atoms with E-state index in [2.05, 4.69) is 26.5 Å². The molecular weight excluding hydrogens is 200 g/mol. The molecule has 0 heterocycles. The van der Waals surface area contributed by atoms with Gasteiger partial charge >= 0.3 is 80.9 Å². The number of thiol groups is 1. The zero-order valence-corrected chi connectivity index (χ0v) is 6.93. The molecule has 52 valence electrons. The first-order chi connectivity index (χ1) is 3.72. The van der Waals surface area contributed by atoms with Crippen LogP contribution in [0.25, 0.3) is 0 Å². The van der Waals surface area contributed by atoms with Gasteiger partial charge in [0.15, 0.2) is 0 Å². The molecule has 0 aliphatic rings. The van der Waals surface area contributed by atoms with Crippen LogP contribution < -0.4 is 0 Å². The maximum absolute atomic E-state index is 4.81. The van der Waals surface area contributed by atoms with Crippen molar-refractivity contribution in [3.05, 3.63) is 0 Å². The van der Waals surface area contributed by atoms with Gasteiger partial charge in [0.1, 0.15) is 4.32 Å². The minimum absolute atomic E-state index is 0. The Hall–Kier alpha value is 2.88. The van der Waals surface area contributed by atoms with Crippen molar-refractivity contribution in [2.45, 2.75) is 13.8 Å². The van der Waals surface area contributed by atoms with Crippen molar-refractivity contribution >= 4 is 110 Å². The standard InChI is InChI=1S/C5H11NS2.K.Na.2H/c1-3-6(4-2)5(7)8;;;;/h3-4H2,1-2H3,(H,7,8);;;;. The molecule has 0 saturated heterocycles. The molecule has 0 unspecified atom stereocenters. The predicted molar refractivity (Wildman–Crippen MR) is 58.8 cm³/mol. The molecule has 1 nitrogen and oxygen atoms in total. The zero-order valence-electron chi connectivity index (χ0n) is 5.22. The van der Waals surface area contributed by atoms with E-state index in [1.807, 2.05) is 4.90 Å². The van der Waals surface area contributed by atoms with Crippen LogP contribution in [0, 0.1) is 0 Å². The van der Waals surface area contributed by atoms with Gasteiger partial charge in [-0.25, -0.2) is 0 Å². The Morgan fingerprint density at radius 3 is 1.70 bits per heavy atom. The van der Waals surface area contributed by atoms with Crippen LogP contribution in [0.5, 0.6) is 0 Å². The van der Waals surface area contributed by atoms with E-state index in [0.717, 1.165) is 13.1 Å². The monoisotopic (exact) mass is 213 g/mol. The van der Waals surface area contributed by atoms with Crippen molar-refractivity contribution in [3.63, 3.8) is 0 Å². The Balaban J connectivity index is -0.000000245. The molecule has 5 heteroatoms. The van der Waals surface area contributed by atoms with Crippen LogP contribution in [-0.2, 0) is 0 Å². The van der Waals surface area contributed by atoms with Crippen molar-refractivity contribution in [1.82, 2.24) is 4.90 Å². The SMILES string of the molecule is CCN(CC)C(=S)S.[KH].[NaH]. The third-order valence-electron chi connectivity index (χ3n) is 1.03. The Bertz CT molecular complexity index is 87.7. The van der Waals surface area contributed by atoms with Crippen molar-refractivity contribution in [1.29, 1.82) is 0 Å². The molecule has 0 aliphatic heterocycles. The van der Waals surface area contributed by atoms with Crippen LogP contribution in [0.4, 0.5) is 0 Å². The van der Waals surface area contributed by atoms with Crippen LogP contribution in [0.15, 0.2) is 0 Å². The quantitative estimate of drug-likeness (QED) is 0.398. The number of hydrogen-bond acceptors (Lipinski definition) is 1. The molecule has 0 aromatic carbocycles. The van der Waals surface area contributed by atoms with Gasteiger partial charge in [0.05, 0.1) is 0 Å². The molecular formula is C5H13KNNaS2. The van der Waals surface area contributed by atoms with E-state index < -0.39 is 0 Å². The first-order valence-corrected chi connectivity index (χ1v) is 3.55. The molecule has 0 radical (unpaired) electrons. The van der Waals surface area contributed by atoms with Gasteiger partial charge in [-0.15, -0.1) is 12.6 Å². The third kappa shape index (κ3) is 8.97. The normalized spacial score (nSPS) is 7.10. The molecule has 0 atom stereocenters. The second-order valence-electron chi connectivity index (χ2n) is 1.45. The maximum atomic E-state index is 4.81. The van der Waals surface area contributed by atoms with Gasteiger partial charge in [-0.3, -0.25) is 0 Å². The molecule has 0 aromatic rings. The fourth-order valence-corrected chi connectivity index (χ4v) is 1.04. The molecule has 0 spiro atoms. The summed E-state index contributed by atoms with van der Waals surface area (Å²) in [6.45, 7) is 6.04. The number of thiocarbonyl (C=S) groups is 1. The molecule has 10 heavy (non-hydrogen) atoms. The van der Waals surface area contributed by atoms with Crippen LogP contribution in [0.3, 0.4) is 0 Å². The van der Waals surface area contributed by atoms with Gasteiger partial charge in [0.2, 0.25) is 0 Å². The first-order valence-electron chi connectivity index (χ1n) is 2.70. The summed E-state index contributed by atoms with van der Waals surface area (Å²) in [4.78, 5) is 2.01. The fourth-order valence-electron chi connectivity index (χ4n) is 0.494. The molecule has 0 saturated carbocycles. The van der Waals surface area contributed by atoms with Crippen molar-refractivity contribution < 1.29 is 0 Å². The summed E-state index contributed by atoms with van der Waals surface area (Å²) in [5.74, 6) is 0. The summed E-state index contributed by atoms with van der Waals surface area (Å²) >= 11 is 8.82. The van der Waals surface area contributed by atoms with Crippen LogP contribution in [0.1, 0.15) is 13.8 Å². The summed E-state index contributed by atoms with van der Waals surface area (Å²) in [6.07, 6.45) is 0. The van der Waals surface area contributed by atoms with E-state index in [4.69, 9.17) is 12.2 Å². The van der Waals surface area contributed by atoms with Gasteiger partial charge in [0, 0.05) is 13.1 Å². The molecule has 0 rings (SSSR count). The zero-order chi connectivity index (χ0) is 6.57. The summed E-state index contributed by atoms with van der Waals surface area (Å²) in [6, 6.07) is 0. The second-order valence-corrected chi connectivity index (χ2v) is 2.57. The minimum atomic E-state index is 0. The predicted octanol–water partition coefficient (Wildman–Crippen LogP) is 0.246. The van der Waals surface area contributed by atoms with Gasteiger partial charge in [-0.1, -0.05) is 12.2 Å². The fraction of sp³-hybridized carbons (Fsp3) is 0.800. The molecule has 0 amide bonds. The van der Waals surface area contributed by atoms with Crippen molar-refractivity contribution in [2.75, 3.05) is 13.1 Å². The van der Waals surface area contributed by atoms with Crippen molar-refractivity contribution in [2.24, 2.45) is 0 Å². The molecule has 0 fully saturated rings. The van der Waals surface area contributed by atoms with Gasteiger partial charge in [-0.05, 0) is 13.8 Å². The van der Waals surface area contributed by atoms with Crippen molar-refractivity contribution in [3.8, 4) is 0 Å². The second kappa shape index (κ2) is 11.9. The van der Waals surface area contributed by atoms with Crippen LogP contribution in [0.2, 0.25) is 0 Å². The summed E-state index contributed by atoms with van der Waals surface area (Å²) in [5.41, 5.74) is 0. The number of rotatable bonds is 2. The van der Waals surface area contributed by atoms with E-state index in [1.165, 1.54) is 0 Å². The Kier molecular flexibility index (Phi) is 22.1. The Labute approximate surface area is 139 Å². The van der Waals surface area contributed by atoms with Gasteiger partial charge < -0.3 is 4.90 Å². The first kappa shape index (κ1) is 18.6. The van der Waals surface area contributed by atoms with Crippen LogP contribution in [-0.4, -0.2) is 103 Å². The van der Waals surface area contributed by atoms with Crippen LogP contribution >= 0.6 is 24.8 Å². The Morgan fingerprint density at radius 2 is 1.70 bits per heavy atom. The topological polar surface area (TPSA) is 3.24 Å².